The average Bonchev–Trinajstić information content (AvgIpc) is 3.72. The first-order valence-electron chi connectivity index (χ1n) is 16.9. The van der Waals surface area contributed by atoms with Crippen LogP contribution in [0.4, 0.5) is 0 Å². The van der Waals surface area contributed by atoms with E-state index in [0.29, 0.717) is 0 Å². The Kier molecular flexibility index (Phi) is 4.97. The summed E-state index contributed by atoms with van der Waals surface area (Å²) in [6.45, 7) is 4.75. The fourth-order valence-electron chi connectivity index (χ4n) is 9.13. The molecule has 1 heteroatoms. The van der Waals surface area contributed by atoms with Crippen LogP contribution >= 0.6 is 0 Å². The summed E-state index contributed by atoms with van der Waals surface area (Å²) in [5, 5.41) is 7.87. The summed E-state index contributed by atoms with van der Waals surface area (Å²) < 4.78 is 2.51. The molecule has 1 aromatic heterocycles. The Morgan fingerprint density at radius 3 is 1.96 bits per heavy atom. The first-order valence-corrected chi connectivity index (χ1v) is 16.9. The van der Waals surface area contributed by atoms with Crippen molar-refractivity contribution in [3.05, 3.63) is 163 Å². The molecule has 8 aromatic carbocycles. The summed E-state index contributed by atoms with van der Waals surface area (Å²) in [6.07, 6.45) is 0. The summed E-state index contributed by atoms with van der Waals surface area (Å²) in [6, 6.07) is 56.8. The third-order valence-electron chi connectivity index (χ3n) is 11.3. The molecule has 1 heterocycles. The molecular formula is C47H31N. The van der Waals surface area contributed by atoms with Crippen molar-refractivity contribution in [2.45, 2.75) is 19.3 Å². The minimum atomic E-state index is -0.0759. The van der Waals surface area contributed by atoms with Gasteiger partial charge in [0.25, 0.3) is 0 Å². The summed E-state index contributed by atoms with van der Waals surface area (Å²) >= 11 is 0. The maximum Gasteiger partial charge on any atom is 0.0547 e. The fourth-order valence-corrected chi connectivity index (χ4v) is 9.13. The van der Waals surface area contributed by atoms with Crippen LogP contribution in [0.5, 0.6) is 0 Å². The highest BCUT2D eigenvalue weighted by Crippen LogP contribution is 2.52. The Hall–Kier alpha value is -5.92. The molecule has 2 aliphatic rings. The van der Waals surface area contributed by atoms with Gasteiger partial charge < -0.3 is 4.57 Å². The largest absolute Gasteiger partial charge is 0.309 e. The van der Waals surface area contributed by atoms with E-state index in [9.17, 15) is 0 Å². The van der Waals surface area contributed by atoms with Gasteiger partial charge in [-0.05, 0) is 108 Å². The van der Waals surface area contributed by atoms with Crippen LogP contribution in [0.2, 0.25) is 0 Å². The standard InChI is InChI=1S/C47H31N/c1-47(2)41-20-8-7-17-35(41)39-26-40-44(27-42(39)47)48(43-24-21-28-11-3-4-14-32(28)46(40)43)30-13-9-12-29(25-30)31-22-23-38-34-16-6-5-15-33(34)37-19-10-18-36(31)45(37)38/h3-27H,1-2H3. The third kappa shape index (κ3) is 3.26. The summed E-state index contributed by atoms with van der Waals surface area (Å²) in [5.41, 5.74) is 17.0. The van der Waals surface area contributed by atoms with Crippen LogP contribution in [0.1, 0.15) is 25.0 Å². The van der Waals surface area contributed by atoms with Gasteiger partial charge in [0.1, 0.15) is 0 Å². The van der Waals surface area contributed by atoms with Gasteiger partial charge in [-0.2, -0.15) is 0 Å². The molecule has 0 aliphatic heterocycles. The number of fused-ring (bicyclic) bond motifs is 11. The first-order chi connectivity index (χ1) is 23.6. The summed E-state index contributed by atoms with van der Waals surface area (Å²) in [7, 11) is 0. The van der Waals surface area contributed by atoms with Crippen LogP contribution in [-0.2, 0) is 5.41 Å². The minimum absolute atomic E-state index is 0.0759. The van der Waals surface area contributed by atoms with Gasteiger partial charge in [0.2, 0.25) is 0 Å². The van der Waals surface area contributed by atoms with Crippen LogP contribution in [0.15, 0.2) is 152 Å². The smallest absolute Gasteiger partial charge is 0.0547 e. The number of benzene rings is 8. The second-order valence-corrected chi connectivity index (χ2v) is 14.1. The normalized spacial score (nSPS) is 13.8. The zero-order chi connectivity index (χ0) is 31.7. The monoisotopic (exact) mass is 609 g/mol. The Balaban J connectivity index is 1.20. The molecule has 2 aliphatic carbocycles. The van der Waals surface area contributed by atoms with E-state index in [1.807, 2.05) is 0 Å². The Bertz CT molecular complexity index is 2830. The average molecular weight is 610 g/mol. The van der Waals surface area contributed by atoms with E-state index in [1.54, 1.807) is 0 Å². The lowest BCUT2D eigenvalue weighted by atomic mass is 9.82. The molecule has 0 radical (unpaired) electrons. The quantitative estimate of drug-likeness (QED) is 0.184. The number of hydrogen-bond donors (Lipinski definition) is 0. The molecule has 9 aromatic rings. The van der Waals surface area contributed by atoms with Crippen molar-refractivity contribution >= 4 is 43.4 Å². The summed E-state index contributed by atoms with van der Waals surface area (Å²) in [5.74, 6) is 0. The van der Waals surface area contributed by atoms with E-state index in [2.05, 4.69) is 170 Å². The molecular weight excluding hydrogens is 579 g/mol. The number of aromatic nitrogens is 1. The lowest BCUT2D eigenvalue weighted by Crippen LogP contribution is -2.14. The second kappa shape index (κ2) is 9.12. The fraction of sp³-hybridized carbons (Fsp3) is 0.0638. The first kappa shape index (κ1) is 26.2. The maximum absolute atomic E-state index is 2.51. The van der Waals surface area contributed by atoms with Gasteiger partial charge in [-0.25, -0.2) is 0 Å². The highest BCUT2D eigenvalue weighted by Gasteiger charge is 2.36. The van der Waals surface area contributed by atoms with Crippen molar-refractivity contribution in [3.63, 3.8) is 0 Å². The van der Waals surface area contributed by atoms with Crippen LogP contribution in [-0.4, -0.2) is 4.57 Å². The molecule has 0 saturated carbocycles. The van der Waals surface area contributed by atoms with Gasteiger partial charge in [-0.3, -0.25) is 0 Å². The molecule has 0 N–H and O–H groups in total. The molecule has 0 unspecified atom stereocenters. The van der Waals surface area contributed by atoms with Crippen LogP contribution in [0.3, 0.4) is 0 Å². The highest BCUT2D eigenvalue weighted by molar-refractivity contribution is 6.23. The van der Waals surface area contributed by atoms with Crippen molar-refractivity contribution in [3.8, 4) is 50.2 Å². The Morgan fingerprint density at radius 1 is 0.396 bits per heavy atom. The van der Waals surface area contributed by atoms with E-state index < -0.39 is 0 Å². The molecule has 48 heavy (non-hydrogen) atoms. The molecule has 1 nitrogen and oxygen atoms in total. The molecule has 0 fully saturated rings. The predicted octanol–water partition coefficient (Wildman–Crippen LogP) is 12.7. The number of rotatable bonds is 2. The molecule has 0 saturated heterocycles. The van der Waals surface area contributed by atoms with E-state index in [0.717, 1.165) is 0 Å². The predicted molar refractivity (Wildman–Crippen MR) is 203 cm³/mol. The van der Waals surface area contributed by atoms with Crippen molar-refractivity contribution in [2.75, 3.05) is 0 Å². The van der Waals surface area contributed by atoms with Crippen molar-refractivity contribution in [2.24, 2.45) is 0 Å². The van der Waals surface area contributed by atoms with Gasteiger partial charge in [-0.15, -0.1) is 0 Å². The molecule has 224 valence electrons. The molecule has 0 bridgehead atoms. The Morgan fingerprint density at radius 2 is 1.08 bits per heavy atom. The van der Waals surface area contributed by atoms with Crippen LogP contribution < -0.4 is 0 Å². The van der Waals surface area contributed by atoms with Gasteiger partial charge in [0.15, 0.2) is 0 Å². The maximum atomic E-state index is 2.51. The zero-order valence-electron chi connectivity index (χ0n) is 26.9. The lowest BCUT2D eigenvalue weighted by Gasteiger charge is -2.21. The van der Waals surface area contributed by atoms with E-state index >= 15 is 0 Å². The Labute approximate surface area is 279 Å². The summed E-state index contributed by atoms with van der Waals surface area (Å²) in [4.78, 5) is 0. The van der Waals surface area contributed by atoms with Crippen LogP contribution in [0.25, 0.3) is 93.5 Å². The SMILES string of the molecule is CC1(C)c2ccccc2-c2cc3c4c5ccccc5ccc4n(-c4cccc(-c5ccc6c7c(cccc57)-c5ccccc5-6)c4)c3cc21. The third-order valence-corrected chi connectivity index (χ3v) is 11.3. The minimum Gasteiger partial charge on any atom is -0.309 e. The lowest BCUT2D eigenvalue weighted by molar-refractivity contribution is 0.661. The van der Waals surface area contributed by atoms with E-state index in [1.165, 1.54) is 105 Å². The van der Waals surface area contributed by atoms with Crippen molar-refractivity contribution in [1.29, 1.82) is 0 Å². The van der Waals surface area contributed by atoms with Gasteiger partial charge in [0, 0.05) is 21.9 Å². The highest BCUT2D eigenvalue weighted by atomic mass is 15.0. The topological polar surface area (TPSA) is 4.93 Å². The van der Waals surface area contributed by atoms with Gasteiger partial charge in [0.05, 0.1) is 11.0 Å². The molecule has 0 spiro atoms. The molecule has 11 rings (SSSR count). The van der Waals surface area contributed by atoms with Crippen LogP contribution in [0, 0.1) is 0 Å². The number of nitrogens with zero attached hydrogens (tertiary/aromatic N) is 1. The van der Waals surface area contributed by atoms with Crippen molar-refractivity contribution in [1.82, 2.24) is 4.57 Å². The van der Waals surface area contributed by atoms with E-state index in [-0.39, 0.29) is 5.41 Å². The molecule has 0 atom stereocenters. The zero-order valence-corrected chi connectivity index (χ0v) is 26.9. The molecule has 0 amide bonds. The van der Waals surface area contributed by atoms with Crippen molar-refractivity contribution < 1.29 is 0 Å². The van der Waals surface area contributed by atoms with E-state index in [4.69, 9.17) is 0 Å². The number of hydrogen-bond acceptors (Lipinski definition) is 0. The van der Waals surface area contributed by atoms with Gasteiger partial charge >= 0.3 is 0 Å². The van der Waals surface area contributed by atoms with Gasteiger partial charge in [-0.1, -0.05) is 135 Å². The second-order valence-electron chi connectivity index (χ2n) is 14.1.